The van der Waals surface area contributed by atoms with Crippen LogP contribution in [0.15, 0.2) is 59.6 Å². The molecule has 0 spiro atoms. The van der Waals surface area contributed by atoms with Crippen LogP contribution in [0.25, 0.3) is 21.1 Å². The number of aromatic nitrogens is 2. The predicted molar refractivity (Wildman–Crippen MR) is 103 cm³/mol. The highest BCUT2D eigenvalue weighted by molar-refractivity contribution is 7.90. The minimum atomic E-state index is -3.27. The normalized spacial score (nSPS) is 11.9. The smallest absolute Gasteiger partial charge is 0.246 e. The van der Waals surface area contributed by atoms with Crippen molar-refractivity contribution in [3.05, 3.63) is 54.7 Å². The highest BCUT2D eigenvalue weighted by Gasteiger charge is 2.13. The van der Waals surface area contributed by atoms with E-state index < -0.39 is 9.84 Å². The molecule has 0 unspecified atom stereocenters. The Labute approximate surface area is 154 Å². The van der Waals surface area contributed by atoms with Gasteiger partial charge in [-0.05, 0) is 35.7 Å². The summed E-state index contributed by atoms with van der Waals surface area (Å²) in [5, 5.41) is 4.32. The number of hydrogen-bond donors (Lipinski definition) is 1. The Bertz CT molecular complexity index is 1240. The molecule has 6 nitrogen and oxygen atoms in total. The number of nitrogens with one attached hydrogen (secondary N) is 1. The molecule has 2 heterocycles. The number of thiazole rings is 1. The lowest BCUT2D eigenvalue weighted by Gasteiger charge is -2.05. The Morgan fingerprint density at radius 3 is 2.81 bits per heavy atom. The van der Waals surface area contributed by atoms with Gasteiger partial charge in [0.15, 0.2) is 15.0 Å². The van der Waals surface area contributed by atoms with E-state index in [4.69, 9.17) is 0 Å². The van der Waals surface area contributed by atoms with E-state index in [0.29, 0.717) is 10.6 Å². The number of carbonyl (C=O) groups excluding carboxylic acids is 1. The number of nitrogens with zero attached hydrogens (tertiary/aromatic N) is 2. The topological polar surface area (TPSA) is 81.1 Å². The van der Waals surface area contributed by atoms with Gasteiger partial charge in [0.05, 0.1) is 15.1 Å². The molecule has 4 rings (SSSR count). The average molecular weight is 385 g/mol. The van der Waals surface area contributed by atoms with Crippen LogP contribution in [0.1, 0.15) is 0 Å². The van der Waals surface area contributed by atoms with E-state index in [0.717, 1.165) is 15.6 Å². The molecule has 0 bridgehead atoms. The molecule has 0 saturated carbocycles. The van der Waals surface area contributed by atoms with E-state index in [2.05, 4.69) is 10.3 Å². The first-order valence-corrected chi connectivity index (χ1v) is 10.6. The van der Waals surface area contributed by atoms with Gasteiger partial charge >= 0.3 is 0 Å². The van der Waals surface area contributed by atoms with Gasteiger partial charge in [-0.3, -0.25) is 4.79 Å². The Morgan fingerprint density at radius 2 is 2.00 bits per heavy atom. The van der Waals surface area contributed by atoms with Gasteiger partial charge in [-0.1, -0.05) is 29.5 Å². The minimum Gasteiger partial charge on any atom is -0.338 e. The summed E-state index contributed by atoms with van der Waals surface area (Å²) in [6.07, 6.45) is 3.04. The summed E-state index contributed by atoms with van der Waals surface area (Å²) in [6.45, 7) is 0.179. The SMILES string of the molecule is CS(=O)(=O)c1ccc2nc(NC(=O)Cn3ccc4ccccc43)sc2c1. The standard InChI is InChI=1S/C18H15N3O3S2/c1-26(23,24)13-6-7-14-16(10-13)25-18(19-14)20-17(22)11-21-9-8-12-4-2-3-5-15(12)21/h2-10H,11H2,1H3,(H,19,20,22). The third kappa shape index (κ3) is 3.21. The second-order valence-corrected chi connectivity index (χ2v) is 9.02. The summed E-state index contributed by atoms with van der Waals surface area (Å²) in [6, 6.07) is 14.6. The number of anilines is 1. The first-order valence-electron chi connectivity index (χ1n) is 7.84. The van der Waals surface area contributed by atoms with E-state index in [1.165, 1.54) is 23.7 Å². The summed E-state index contributed by atoms with van der Waals surface area (Å²) < 4.78 is 25.9. The Morgan fingerprint density at radius 1 is 1.19 bits per heavy atom. The number of rotatable bonds is 4. The van der Waals surface area contributed by atoms with Crippen LogP contribution < -0.4 is 5.32 Å². The fourth-order valence-electron chi connectivity index (χ4n) is 2.78. The fourth-order valence-corrected chi connectivity index (χ4v) is 4.42. The molecule has 8 heteroatoms. The zero-order valence-electron chi connectivity index (χ0n) is 13.8. The monoisotopic (exact) mass is 385 g/mol. The molecule has 4 aromatic rings. The lowest BCUT2D eigenvalue weighted by molar-refractivity contribution is -0.116. The van der Waals surface area contributed by atoms with Crippen molar-refractivity contribution in [2.45, 2.75) is 11.4 Å². The van der Waals surface area contributed by atoms with Crippen molar-refractivity contribution in [1.82, 2.24) is 9.55 Å². The maximum atomic E-state index is 12.4. The molecule has 0 aliphatic carbocycles. The molecular weight excluding hydrogens is 370 g/mol. The van der Waals surface area contributed by atoms with Crippen molar-refractivity contribution < 1.29 is 13.2 Å². The van der Waals surface area contributed by atoms with Gasteiger partial charge in [0.2, 0.25) is 5.91 Å². The van der Waals surface area contributed by atoms with E-state index in [1.54, 1.807) is 12.1 Å². The molecule has 2 aromatic carbocycles. The molecule has 0 aliphatic rings. The molecule has 2 aromatic heterocycles. The zero-order chi connectivity index (χ0) is 18.3. The highest BCUT2D eigenvalue weighted by atomic mass is 32.2. The van der Waals surface area contributed by atoms with Crippen LogP contribution in [0.4, 0.5) is 5.13 Å². The third-order valence-electron chi connectivity index (χ3n) is 4.03. The first-order chi connectivity index (χ1) is 12.4. The summed E-state index contributed by atoms with van der Waals surface area (Å²) in [5.74, 6) is -0.186. The van der Waals surface area contributed by atoms with E-state index >= 15 is 0 Å². The van der Waals surface area contributed by atoms with Crippen molar-refractivity contribution in [2.24, 2.45) is 0 Å². The Kier molecular flexibility index (Phi) is 4.01. The second kappa shape index (κ2) is 6.22. The first kappa shape index (κ1) is 16.7. The molecule has 1 N–H and O–H groups in total. The van der Waals surface area contributed by atoms with Gasteiger partial charge in [-0.15, -0.1) is 0 Å². The van der Waals surface area contributed by atoms with Gasteiger partial charge in [0, 0.05) is 18.0 Å². The van der Waals surface area contributed by atoms with Crippen molar-refractivity contribution in [3.63, 3.8) is 0 Å². The van der Waals surface area contributed by atoms with Crippen LogP contribution in [-0.4, -0.2) is 30.1 Å². The van der Waals surface area contributed by atoms with Crippen molar-refractivity contribution in [2.75, 3.05) is 11.6 Å². The molecule has 0 saturated heterocycles. The van der Waals surface area contributed by atoms with E-state index in [1.807, 2.05) is 41.1 Å². The minimum absolute atomic E-state index is 0.179. The maximum Gasteiger partial charge on any atom is 0.246 e. The number of fused-ring (bicyclic) bond motifs is 2. The van der Waals surface area contributed by atoms with Crippen LogP contribution >= 0.6 is 11.3 Å². The lowest BCUT2D eigenvalue weighted by atomic mass is 10.2. The maximum absolute atomic E-state index is 12.4. The van der Waals surface area contributed by atoms with Gasteiger partial charge in [0.1, 0.15) is 6.54 Å². The van der Waals surface area contributed by atoms with Crippen LogP contribution in [-0.2, 0) is 21.2 Å². The van der Waals surface area contributed by atoms with Crippen LogP contribution in [0.5, 0.6) is 0 Å². The second-order valence-electron chi connectivity index (χ2n) is 5.97. The number of carbonyl (C=O) groups is 1. The highest BCUT2D eigenvalue weighted by Crippen LogP contribution is 2.28. The van der Waals surface area contributed by atoms with Crippen LogP contribution in [0, 0.1) is 0 Å². The summed E-state index contributed by atoms with van der Waals surface area (Å²) >= 11 is 1.26. The Balaban J connectivity index is 1.56. The van der Waals surface area contributed by atoms with Crippen molar-refractivity contribution in [1.29, 1.82) is 0 Å². The van der Waals surface area contributed by atoms with Crippen LogP contribution in [0.3, 0.4) is 0 Å². The number of sulfone groups is 1. The van der Waals surface area contributed by atoms with Crippen LogP contribution in [0.2, 0.25) is 0 Å². The quantitative estimate of drug-likeness (QED) is 0.584. The summed E-state index contributed by atoms with van der Waals surface area (Å²) in [5.41, 5.74) is 1.65. The van der Waals surface area contributed by atoms with Gasteiger partial charge in [-0.25, -0.2) is 13.4 Å². The number of amides is 1. The van der Waals surface area contributed by atoms with E-state index in [9.17, 15) is 13.2 Å². The molecule has 1 amide bonds. The van der Waals surface area contributed by atoms with Gasteiger partial charge < -0.3 is 9.88 Å². The van der Waals surface area contributed by atoms with E-state index in [-0.39, 0.29) is 17.3 Å². The predicted octanol–water partition coefficient (Wildman–Crippen LogP) is 3.29. The van der Waals surface area contributed by atoms with Crippen molar-refractivity contribution >= 4 is 53.3 Å². The Hall–Kier alpha value is -2.71. The molecule has 0 radical (unpaired) electrons. The largest absolute Gasteiger partial charge is 0.338 e. The lowest BCUT2D eigenvalue weighted by Crippen LogP contribution is -2.18. The number of benzene rings is 2. The molecule has 26 heavy (non-hydrogen) atoms. The number of hydrogen-bond acceptors (Lipinski definition) is 5. The molecule has 0 atom stereocenters. The number of para-hydroxylation sites is 1. The average Bonchev–Trinajstić information content (AvgIpc) is 3.17. The summed E-state index contributed by atoms with van der Waals surface area (Å²) in [7, 11) is -3.27. The van der Waals surface area contributed by atoms with Crippen molar-refractivity contribution in [3.8, 4) is 0 Å². The zero-order valence-corrected chi connectivity index (χ0v) is 15.5. The summed E-state index contributed by atoms with van der Waals surface area (Å²) in [4.78, 5) is 17.0. The van der Waals surface area contributed by atoms with Gasteiger partial charge in [-0.2, -0.15) is 0 Å². The molecule has 132 valence electrons. The molecule has 0 aliphatic heterocycles. The van der Waals surface area contributed by atoms with Gasteiger partial charge in [0.25, 0.3) is 0 Å². The third-order valence-corrected chi connectivity index (χ3v) is 6.07. The molecular formula is C18H15N3O3S2. The molecule has 0 fully saturated rings. The fraction of sp³-hybridized carbons (Fsp3) is 0.111.